The maximum absolute atomic E-state index is 12.9. The molecule has 0 saturated heterocycles. The average Bonchev–Trinajstić information content (AvgIpc) is 3.21. The van der Waals surface area contributed by atoms with Gasteiger partial charge in [-0.3, -0.25) is 4.72 Å². The van der Waals surface area contributed by atoms with Gasteiger partial charge in [0, 0.05) is 15.9 Å². The largest absolute Gasteiger partial charge is 0.280 e. The summed E-state index contributed by atoms with van der Waals surface area (Å²) in [6, 6.07) is 9.23. The van der Waals surface area contributed by atoms with Crippen LogP contribution in [0.4, 0.5) is 5.69 Å². The first-order valence-electron chi connectivity index (χ1n) is 8.48. The summed E-state index contributed by atoms with van der Waals surface area (Å²) < 4.78 is 28.4. The van der Waals surface area contributed by atoms with E-state index in [-0.39, 0.29) is 0 Å². The highest BCUT2D eigenvalue weighted by molar-refractivity contribution is 7.93. The number of rotatable bonds is 6. The zero-order valence-electron chi connectivity index (χ0n) is 15.2. The van der Waals surface area contributed by atoms with Gasteiger partial charge < -0.3 is 0 Å². The molecule has 0 amide bonds. The Kier molecular flexibility index (Phi) is 5.50. The Morgan fingerprint density at radius 2 is 2.00 bits per heavy atom. The van der Waals surface area contributed by atoms with Gasteiger partial charge in [-0.25, -0.2) is 13.4 Å². The number of benzene rings is 1. The lowest BCUT2D eigenvalue weighted by molar-refractivity contribution is 0.601. The molecule has 0 unspecified atom stereocenters. The van der Waals surface area contributed by atoms with Gasteiger partial charge in [-0.1, -0.05) is 32.9 Å². The highest BCUT2D eigenvalue weighted by atomic mass is 32.2. The van der Waals surface area contributed by atoms with E-state index in [9.17, 15) is 8.42 Å². The predicted octanol–water partition coefficient (Wildman–Crippen LogP) is 5.67. The number of thiazole rings is 1. The van der Waals surface area contributed by atoms with E-state index in [0.717, 1.165) is 32.4 Å². The van der Waals surface area contributed by atoms with Crippen LogP contribution in [0.5, 0.6) is 0 Å². The Labute approximate surface area is 163 Å². The van der Waals surface area contributed by atoms with Crippen molar-refractivity contribution in [2.45, 2.75) is 44.9 Å². The minimum absolute atomic E-state index is 0.320. The molecule has 26 heavy (non-hydrogen) atoms. The second-order valence-corrected chi connectivity index (χ2v) is 10.2. The van der Waals surface area contributed by atoms with Crippen molar-refractivity contribution in [1.29, 1.82) is 0 Å². The van der Waals surface area contributed by atoms with E-state index in [1.54, 1.807) is 23.5 Å². The first-order valence-corrected chi connectivity index (χ1v) is 11.7. The molecule has 3 aromatic rings. The Hall–Kier alpha value is -1.70. The number of aromatic nitrogens is 1. The van der Waals surface area contributed by atoms with E-state index in [1.165, 1.54) is 11.3 Å². The summed E-state index contributed by atoms with van der Waals surface area (Å²) >= 11 is 3.02. The zero-order valence-corrected chi connectivity index (χ0v) is 17.7. The van der Waals surface area contributed by atoms with Crippen LogP contribution in [0.15, 0.2) is 40.6 Å². The third-order valence-corrected chi connectivity index (χ3v) is 7.79. The maximum atomic E-state index is 12.9. The van der Waals surface area contributed by atoms with Crippen LogP contribution < -0.4 is 4.72 Å². The highest BCUT2D eigenvalue weighted by Gasteiger charge is 2.22. The smallest absolute Gasteiger partial charge is 0.263 e. The molecule has 2 aromatic heterocycles. The zero-order chi connectivity index (χ0) is 18.9. The van der Waals surface area contributed by atoms with E-state index in [1.807, 2.05) is 37.4 Å². The first-order chi connectivity index (χ1) is 12.3. The molecule has 0 fully saturated rings. The standard InChI is InChI=1S/C19H22N2O2S3/c1-5-14-7-6-8-15(9-14)21-26(22,23)18-10-17(25-13(18)4)19-20-16(11-24-19)12(2)3/h6-12,21H,5H2,1-4H3. The van der Waals surface area contributed by atoms with Crippen molar-refractivity contribution in [3.8, 4) is 9.88 Å². The third kappa shape index (κ3) is 4.00. The monoisotopic (exact) mass is 406 g/mol. The van der Waals surface area contributed by atoms with Crippen LogP contribution in [0.2, 0.25) is 0 Å². The van der Waals surface area contributed by atoms with Crippen molar-refractivity contribution in [2.75, 3.05) is 4.72 Å². The molecule has 2 heterocycles. The number of sulfonamides is 1. The van der Waals surface area contributed by atoms with Crippen LogP contribution in [0, 0.1) is 6.92 Å². The Morgan fingerprint density at radius 3 is 2.65 bits per heavy atom. The van der Waals surface area contributed by atoms with Crippen LogP contribution in [0.25, 0.3) is 9.88 Å². The van der Waals surface area contributed by atoms with Crippen molar-refractivity contribution in [3.63, 3.8) is 0 Å². The van der Waals surface area contributed by atoms with Crippen LogP contribution in [0.3, 0.4) is 0 Å². The summed E-state index contributed by atoms with van der Waals surface area (Å²) in [5.74, 6) is 0.358. The quantitative estimate of drug-likeness (QED) is 0.574. The molecule has 4 nitrogen and oxygen atoms in total. The van der Waals surface area contributed by atoms with Gasteiger partial charge in [-0.2, -0.15) is 0 Å². The molecule has 0 spiro atoms. The predicted molar refractivity (Wildman–Crippen MR) is 111 cm³/mol. The molecule has 0 aliphatic carbocycles. The lowest BCUT2D eigenvalue weighted by atomic mass is 10.1. The van der Waals surface area contributed by atoms with Crippen LogP contribution in [-0.2, 0) is 16.4 Å². The van der Waals surface area contributed by atoms with Crippen molar-refractivity contribution in [2.24, 2.45) is 0 Å². The first kappa shape index (κ1) is 19.1. The number of nitrogens with one attached hydrogen (secondary N) is 1. The fraction of sp³-hybridized carbons (Fsp3) is 0.316. The lowest BCUT2D eigenvalue weighted by Gasteiger charge is -2.08. The third-order valence-electron chi connectivity index (χ3n) is 4.07. The normalized spacial score (nSPS) is 11.9. The molecule has 7 heteroatoms. The summed E-state index contributed by atoms with van der Waals surface area (Å²) in [7, 11) is -3.63. The number of anilines is 1. The van der Waals surface area contributed by atoms with Crippen molar-refractivity contribution in [1.82, 2.24) is 4.98 Å². The van der Waals surface area contributed by atoms with Crippen molar-refractivity contribution in [3.05, 3.63) is 51.8 Å². The Morgan fingerprint density at radius 1 is 1.23 bits per heavy atom. The summed E-state index contributed by atoms with van der Waals surface area (Å²) in [6.45, 7) is 8.08. The van der Waals surface area contributed by atoms with Gasteiger partial charge in [0.05, 0.1) is 10.6 Å². The SMILES string of the molecule is CCc1cccc(NS(=O)(=O)c2cc(-c3nc(C(C)C)cs3)sc2C)c1. The van der Waals surface area contributed by atoms with Crippen molar-refractivity contribution >= 4 is 38.4 Å². The van der Waals surface area contributed by atoms with Gasteiger partial charge >= 0.3 is 0 Å². The van der Waals surface area contributed by atoms with Gasteiger partial charge in [-0.15, -0.1) is 22.7 Å². The van der Waals surface area contributed by atoms with E-state index in [0.29, 0.717) is 16.5 Å². The molecular formula is C19H22N2O2S3. The molecule has 3 rings (SSSR count). The number of hydrogen-bond acceptors (Lipinski definition) is 5. The molecule has 0 saturated carbocycles. The molecule has 0 atom stereocenters. The minimum Gasteiger partial charge on any atom is -0.280 e. The molecule has 138 valence electrons. The fourth-order valence-electron chi connectivity index (χ4n) is 2.57. The van der Waals surface area contributed by atoms with E-state index in [4.69, 9.17) is 0 Å². The van der Waals surface area contributed by atoms with Crippen LogP contribution in [0.1, 0.15) is 42.8 Å². The molecule has 0 radical (unpaired) electrons. The maximum Gasteiger partial charge on any atom is 0.263 e. The summed E-state index contributed by atoms with van der Waals surface area (Å²) in [5.41, 5.74) is 2.72. The highest BCUT2D eigenvalue weighted by Crippen LogP contribution is 2.36. The second kappa shape index (κ2) is 7.50. The molecule has 0 aliphatic heterocycles. The summed E-state index contributed by atoms with van der Waals surface area (Å²) in [4.78, 5) is 6.61. The number of nitrogens with zero attached hydrogens (tertiary/aromatic N) is 1. The van der Waals surface area contributed by atoms with E-state index < -0.39 is 10.0 Å². The molecule has 1 N–H and O–H groups in total. The summed E-state index contributed by atoms with van der Waals surface area (Å²) in [6.07, 6.45) is 0.861. The van der Waals surface area contributed by atoms with E-state index >= 15 is 0 Å². The van der Waals surface area contributed by atoms with Gasteiger partial charge in [-0.05, 0) is 43.0 Å². The fourth-order valence-corrected chi connectivity index (χ4v) is 6.25. The molecule has 1 aromatic carbocycles. The van der Waals surface area contributed by atoms with Gasteiger partial charge in [0.15, 0.2) is 0 Å². The Balaban J connectivity index is 1.91. The summed E-state index contributed by atoms with van der Waals surface area (Å²) in [5, 5.41) is 2.91. The number of aryl methyl sites for hydroxylation is 2. The van der Waals surface area contributed by atoms with Crippen LogP contribution >= 0.6 is 22.7 Å². The van der Waals surface area contributed by atoms with Crippen LogP contribution in [-0.4, -0.2) is 13.4 Å². The average molecular weight is 407 g/mol. The number of thiophene rings is 1. The molecular weight excluding hydrogens is 384 g/mol. The molecule has 0 bridgehead atoms. The topological polar surface area (TPSA) is 59.1 Å². The minimum atomic E-state index is -3.63. The van der Waals surface area contributed by atoms with Gasteiger partial charge in [0.25, 0.3) is 10.0 Å². The Bertz CT molecular complexity index is 1020. The van der Waals surface area contributed by atoms with Gasteiger partial charge in [0.2, 0.25) is 0 Å². The number of hydrogen-bond donors (Lipinski definition) is 1. The van der Waals surface area contributed by atoms with E-state index in [2.05, 4.69) is 23.6 Å². The molecule has 0 aliphatic rings. The van der Waals surface area contributed by atoms with Gasteiger partial charge in [0.1, 0.15) is 9.90 Å². The second-order valence-electron chi connectivity index (χ2n) is 6.42. The lowest BCUT2D eigenvalue weighted by Crippen LogP contribution is -2.13. The van der Waals surface area contributed by atoms with Crippen molar-refractivity contribution < 1.29 is 8.42 Å².